The first-order chi connectivity index (χ1) is 9.38. The molecule has 0 aliphatic rings. The molecule has 20 heavy (non-hydrogen) atoms. The number of hydrogen-bond donors (Lipinski definition) is 2. The lowest BCUT2D eigenvalue weighted by atomic mass is 10.4. The third kappa shape index (κ3) is 2.79. The van der Waals surface area contributed by atoms with Crippen LogP contribution in [0.3, 0.4) is 0 Å². The van der Waals surface area contributed by atoms with Crippen molar-refractivity contribution in [1.29, 1.82) is 0 Å². The number of nitrogens with zero attached hydrogens (tertiary/aromatic N) is 4. The third-order valence-corrected chi connectivity index (χ3v) is 3.29. The number of nitrogens with one attached hydrogen (secondary N) is 1. The number of nitro groups is 1. The van der Waals surface area contributed by atoms with E-state index in [4.69, 9.17) is 5.73 Å². The van der Waals surface area contributed by atoms with Crippen LogP contribution in [0.5, 0.6) is 0 Å². The van der Waals surface area contributed by atoms with Gasteiger partial charge in [-0.25, -0.2) is 14.9 Å². The molecule has 2 aromatic heterocycles. The van der Waals surface area contributed by atoms with Crippen molar-refractivity contribution in [2.75, 3.05) is 5.73 Å². The van der Waals surface area contributed by atoms with Gasteiger partial charge in [-0.2, -0.15) is 0 Å². The van der Waals surface area contributed by atoms with E-state index >= 15 is 0 Å². The molecule has 0 aliphatic carbocycles. The molecule has 0 unspecified atom stereocenters. The molecule has 0 saturated heterocycles. The average Bonchev–Trinajstić information content (AvgIpc) is 2.69. The lowest BCUT2D eigenvalue weighted by Gasteiger charge is -2.08. The minimum absolute atomic E-state index is 0.0377. The van der Waals surface area contributed by atoms with Crippen molar-refractivity contribution in [3.63, 3.8) is 0 Å². The molecule has 0 aromatic carbocycles. The number of aromatic nitrogens is 4. The Balaban J connectivity index is 2.40. The molecule has 0 amide bonds. The first-order valence-electron chi connectivity index (χ1n) is 5.65. The van der Waals surface area contributed by atoms with Crippen LogP contribution in [0.1, 0.15) is 19.9 Å². The van der Waals surface area contributed by atoms with Crippen LogP contribution in [-0.2, 0) is 0 Å². The monoisotopic (exact) mass is 296 g/mol. The van der Waals surface area contributed by atoms with Crippen molar-refractivity contribution >= 4 is 23.3 Å². The SMILES string of the molecule is CC(C)n1c(Sc2cc([N+](=O)[O-])cc(N)n2)n[nH]c1=O. The number of aromatic amines is 1. The standard InChI is InChI=1S/C10H12N6O3S/c1-5(2)15-9(17)13-14-10(15)20-8-4-6(16(18)19)3-7(11)12-8/h3-5H,1-2H3,(H2,11,12)(H,13,17). The van der Waals surface area contributed by atoms with Gasteiger partial charge in [0.25, 0.3) is 5.69 Å². The summed E-state index contributed by atoms with van der Waals surface area (Å²) in [6, 6.07) is 2.36. The van der Waals surface area contributed by atoms with Gasteiger partial charge in [-0.05, 0) is 25.6 Å². The number of H-pyrrole nitrogens is 1. The van der Waals surface area contributed by atoms with Crippen LogP contribution >= 0.6 is 11.8 Å². The van der Waals surface area contributed by atoms with E-state index in [-0.39, 0.29) is 23.2 Å². The minimum Gasteiger partial charge on any atom is -0.383 e. The second kappa shape index (κ2) is 5.33. The first kappa shape index (κ1) is 14.1. The summed E-state index contributed by atoms with van der Waals surface area (Å²) in [7, 11) is 0. The van der Waals surface area contributed by atoms with Gasteiger partial charge in [-0.15, -0.1) is 5.10 Å². The Bertz CT molecular complexity index is 707. The van der Waals surface area contributed by atoms with Crippen molar-refractivity contribution in [3.05, 3.63) is 32.7 Å². The van der Waals surface area contributed by atoms with Gasteiger partial charge >= 0.3 is 5.69 Å². The van der Waals surface area contributed by atoms with Crippen molar-refractivity contribution in [3.8, 4) is 0 Å². The van der Waals surface area contributed by atoms with Gasteiger partial charge in [0.1, 0.15) is 10.8 Å². The zero-order valence-electron chi connectivity index (χ0n) is 10.7. The van der Waals surface area contributed by atoms with Gasteiger partial charge < -0.3 is 5.73 Å². The summed E-state index contributed by atoms with van der Waals surface area (Å²) in [4.78, 5) is 25.8. The van der Waals surface area contributed by atoms with Crippen LogP contribution in [0.4, 0.5) is 11.5 Å². The zero-order valence-corrected chi connectivity index (χ0v) is 11.5. The van der Waals surface area contributed by atoms with Gasteiger partial charge in [0, 0.05) is 12.1 Å². The summed E-state index contributed by atoms with van der Waals surface area (Å²) in [5, 5.41) is 17.7. The number of nitrogen functional groups attached to an aromatic ring is 1. The molecule has 9 nitrogen and oxygen atoms in total. The number of rotatable bonds is 4. The Morgan fingerprint density at radius 1 is 1.50 bits per heavy atom. The quantitative estimate of drug-likeness (QED) is 0.639. The van der Waals surface area contributed by atoms with E-state index in [1.165, 1.54) is 16.7 Å². The Hall–Kier alpha value is -2.36. The molecule has 0 atom stereocenters. The highest BCUT2D eigenvalue weighted by Gasteiger charge is 2.16. The fraction of sp³-hybridized carbons (Fsp3) is 0.300. The predicted octanol–water partition coefficient (Wildman–Crippen LogP) is 1.19. The predicted molar refractivity (Wildman–Crippen MR) is 72.7 cm³/mol. The summed E-state index contributed by atoms with van der Waals surface area (Å²) in [5.41, 5.74) is 5.02. The van der Waals surface area contributed by atoms with Crippen LogP contribution in [0.2, 0.25) is 0 Å². The molecule has 2 rings (SSSR count). The molecule has 0 fully saturated rings. The maximum absolute atomic E-state index is 11.6. The Morgan fingerprint density at radius 2 is 2.20 bits per heavy atom. The van der Waals surface area contributed by atoms with Crippen molar-refractivity contribution in [2.24, 2.45) is 0 Å². The molecule has 10 heteroatoms. The summed E-state index contributed by atoms with van der Waals surface area (Å²) >= 11 is 1.03. The molecule has 2 aromatic rings. The maximum atomic E-state index is 11.6. The van der Waals surface area contributed by atoms with E-state index in [9.17, 15) is 14.9 Å². The molecule has 0 saturated carbocycles. The minimum atomic E-state index is -0.553. The molecule has 0 radical (unpaired) electrons. The van der Waals surface area contributed by atoms with E-state index in [0.29, 0.717) is 10.2 Å². The number of hydrogen-bond acceptors (Lipinski definition) is 7. The topological polar surface area (TPSA) is 133 Å². The number of nitrogens with two attached hydrogens (primary N) is 1. The Labute approximate surface area is 117 Å². The van der Waals surface area contributed by atoms with Gasteiger partial charge in [-0.1, -0.05) is 0 Å². The fourth-order valence-corrected chi connectivity index (χ4v) is 2.58. The van der Waals surface area contributed by atoms with Crippen LogP contribution in [-0.4, -0.2) is 24.7 Å². The highest BCUT2D eigenvalue weighted by Crippen LogP contribution is 2.28. The normalized spacial score (nSPS) is 10.9. The lowest BCUT2D eigenvalue weighted by molar-refractivity contribution is -0.385. The van der Waals surface area contributed by atoms with Crippen LogP contribution in [0.15, 0.2) is 27.1 Å². The molecular formula is C10H12N6O3S. The van der Waals surface area contributed by atoms with Gasteiger partial charge in [0.2, 0.25) is 0 Å². The Morgan fingerprint density at radius 3 is 2.80 bits per heavy atom. The Kier molecular flexibility index (Phi) is 3.74. The molecule has 3 N–H and O–H groups in total. The van der Waals surface area contributed by atoms with Crippen LogP contribution < -0.4 is 11.4 Å². The van der Waals surface area contributed by atoms with Gasteiger partial charge in [0.15, 0.2) is 5.16 Å². The molecule has 106 valence electrons. The maximum Gasteiger partial charge on any atom is 0.344 e. The summed E-state index contributed by atoms with van der Waals surface area (Å²) in [5.74, 6) is 0.0377. The van der Waals surface area contributed by atoms with Crippen LogP contribution in [0, 0.1) is 10.1 Å². The molecule has 0 spiro atoms. The number of anilines is 1. The molecule has 0 bridgehead atoms. The highest BCUT2D eigenvalue weighted by atomic mass is 32.2. The second-order valence-corrected chi connectivity index (χ2v) is 5.21. The van der Waals surface area contributed by atoms with Gasteiger partial charge in [0.05, 0.1) is 11.0 Å². The van der Waals surface area contributed by atoms with E-state index in [1.807, 2.05) is 13.8 Å². The highest BCUT2D eigenvalue weighted by molar-refractivity contribution is 7.99. The lowest BCUT2D eigenvalue weighted by Crippen LogP contribution is -2.19. The van der Waals surface area contributed by atoms with E-state index in [0.717, 1.165) is 11.8 Å². The van der Waals surface area contributed by atoms with Crippen molar-refractivity contribution < 1.29 is 4.92 Å². The molecule has 0 aliphatic heterocycles. The second-order valence-electron chi connectivity index (χ2n) is 4.22. The summed E-state index contributed by atoms with van der Waals surface area (Å²) < 4.78 is 1.43. The van der Waals surface area contributed by atoms with E-state index < -0.39 is 4.92 Å². The fourth-order valence-electron chi connectivity index (χ4n) is 1.58. The van der Waals surface area contributed by atoms with Gasteiger partial charge in [-0.3, -0.25) is 14.7 Å². The largest absolute Gasteiger partial charge is 0.383 e. The van der Waals surface area contributed by atoms with E-state index in [1.54, 1.807) is 0 Å². The first-order valence-corrected chi connectivity index (χ1v) is 6.47. The van der Waals surface area contributed by atoms with Crippen molar-refractivity contribution in [1.82, 2.24) is 19.7 Å². The van der Waals surface area contributed by atoms with Crippen molar-refractivity contribution in [2.45, 2.75) is 30.1 Å². The zero-order chi connectivity index (χ0) is 14.9. The summed E-state index contributed by atoms with van der Waals surface area (Å²) in [6.07, 6.45) is 0. The average molecular weight is 296 g/mol. The summed E-state index contributed by atoms with van der Waals surface area (Å²) in [6.45, 7) is 3.66. The molecule has 2 heterocycles. The molecular weight excluding hydrogens is 284 g/mol. The van der Waals surface area contributed by atoms with Crippen LogP contribution in [0.25, 0.3) is 0 Å². The smallest absolute Gasteiger partial charge is 0.344 e. The van der Waals surface area contributed by atoms with E-state index in [2.05, 4.69) is 15.2 Å². The number of pyridine rings is 1. The third-order valence-electron chi connectivity index (χ3n) is 2.40.